The molecule has 0 saturated carbocycles. The van der Waals surface area contributed by atoms with E-state index in [-0.39, 0.29) is 19.0 Å². The predicted molar refractivity (Wildman–Crippen MR) is 120 cm³/mol. The van der Waals surface area contributed by atoms with Crippen LogP contribution in [-0.4, -0.2) is 41.2 Å². The van der Waals surface area contributed by atoms with Gasteiger partial charge in [-0.15, -0.1) is 23.7 Å². The number of hydrogen-bond acceptors (Lipinski definition) is 7. The molecule has 0 spiro atoms. The summed E-state index contributed by atoms with van der Waals surface area (Å²) in [5.41, 5.74) is 3.31. The van der Waals surface area contributed by atoms with E-state index in [2.05, 4.69) is 10.5 Å². The highest BCUT2D eigenvalue weighted by molar-refractivity contribution is 7.17. The van der Waals surface area contributed by atoms with Gasteiger partial charge in [-0.25, -0.2) is 0 Å². The fraction of sp³-hybridized carbons (Fsp3) is 0.227. The summed E-state index contributed by atoms with van der Waals surface area (Å²) < 4.78 is 12.1. The average molecular weight is 447 g/mol. The first-order valence-electron chi connectivity index (χ1n) is 9.38. The van der Waals surface area contributed by atoms with Crippen LogP contribution in [0, 0.1) is 0 Å². The number of benzene rings is 2. The monoisotopic (exact) mass is 446 g/mol. The number of thiophene rings is 1. The molecule has 30 heavy (non-hydrogen) atoms. The van der Waals surface area contributed by atoms with E-state index >= 15 is 0 Å². The van der Waals surface area contributed by atoms with Gasteiger partial charge in [0.2, 0.25) is 0 Å². The number of aliphatic hydroxyl groups excluding tert-OH is 2. The third-order valence-corrected chi connectivity index (χ3v) is 5.43. The van der Waals surface area contributed by atoms with Gasteiger partial charge in [-0.3, -0.25) is 0 Å². The molecule has 158 valence electrons. The van der Waals surface area contributed by atoms with E-state index in [0.717, 1.165) is 27.1 Å². The van der Waals surface area contributed by atoms with E-state index in [0.29, 0.717) is 18.8 Å². The van der Waals surface area contributed by atoms with Crippen LogP contribution in [0.3, 0.4) is 0 Å². The number of aromatic nitrogens is 1. The minimum absolute atomic E-state index is 0. The molecular formula is C22H23ClN2O4S. The number of nitrogens with zero attached hydrogens (tertiary/aromatic N) is 1. The van der Waals surface area contributed by atoms with Gasteiger partial charge < -0.3 is 24.8 Å². The summed E-state index contributed by atoms with van der Waals surface area (Å²) in [5, 5.41) is 29.5. The zero-order valence-corrected chi connectivity index (χ0v) is 17.7. The average Bonchev–Trinajstić information content (AvgIpc) is 3.37. The van der Waals surface area contributed by atoms with Crippen LogP contribution >= 0.6 is 23.7 Å². The quantitative estimate of drug-likeness (QED) is 0.359. The maximum atomic E-state index is 10.2. The van der Waals surface area contributed by atoms with Crippen LogP contribution in [0.25, 0.3) is 21.5 Å². The van der Waals surface area contributed by atoms with Gasteiger partial charge in [0.05, 0.1) is 6.10 Å². The van der Waals surface area contributed by atoms with E-state index in [4.69, 9.17) is 9.26 Å². The van der Waals surface area contributed by atoms with Crippen molar-refractivity contribution in [2.24, 2.45) is 0 Å². The summed E-state index contributed by atoms with van der Waals surface area (Å²) in [4.78, 5) is 0. The minimum Gasteiger partial charge on any atom is -0.491 e. The van der Waals surface area contributed by atoms with E-state index in [1.807, 2.05) is 66.0 Å². The van der Waals surface area contributed by atoms with Crippen molar-refractivity contribution in [1.82, 2.24) is 10.5 Å². The summed E-state index contributed by atoms with van der Waals surface area (Å²) in [6.45, 7) is 0.827. The second-order valence-electron chi connectivity index (χ2n) is 6.72. The molecule has 2 atom stereocenters. The van der Waals surface area contributed by atoms with Gasteiger partial charge >= 0.3 is 0 Å². The topological polar surface area (TPSA) is 87.8 Å². The Morgan fingerprint density at radius 2 is 1.87 bits per heavy atom. The number of fused-ring (bicyclic) bond motifs is 1. The lowest BCUT2D eigenvalue weighted by Crippen LogP contribution is -2.33. The first-order valence-corrected chi connectivity index (χ1v) is 10.3. The molecule has 6 nitrogen and oxygen atoms in total. The molecule has 0 bridgehead atoms. The first-order chi connectivity index (χ1) is 14.2. The lowest BCUT2D eigenvalue weighted by molar-refractivity contribution is 0.0996. The van der Waals surface area contributed by atoms with Crippen LogP contribution in [0.15, 0.2) is 70.6 Å². The Kier molecular flexibility index (Phi) is 7.84. The molecule has 4 aromatic rings. The maximum absolute atomic E-state index is 10.2. The molecule has 2 heterocycles. The zero-order valence-electron chi connectivity index (χ0n) is 16.1. The molecule has 0 amide bonds. The zero-order chi connectivity index (χ0) is 20.1. The molecule has 2 aromatic carbocycles. The molecule has 1 unspecified atom stereocenters. The van der Waals surface area contributed by atoms with Crippen molar-refractivity contribution in [2.75, 3.05) is 19.7 Å². The van der Waals surface area contributed by atoms with Crippen LogP contribution in [-0.2, 0) is 0 Å². The Balaban J connectivity index is 0.00000256. The highest BCUT2D eigenvalue weighted by Gasteiger charge is 2.13. The highest BCUT2D eigenvalue weighted by Crippen LogP contribution is 2.33. The third kappa shape index (κ3) is 5.38. The van der Waals surface area contributed by atoms with Gasteiger partial charge in [-0.2, -0.15) is 0 Å². The Morgan fingerprint density at radius 3 is 2.70 bits per heavy atom. The Hall–Kier alpha value is -2.42. The van der Waals surface area contributed by atoms with Crippen LogP contribution in [0.1, 0.15) is 11.7 Å². The molecular weight excluding hydrogens is 424 g/mol. The van der Waals surface area contributed by atoms with Crippen molar-refractivity contribution in [3.63, 3.8) is 0 Å². The summed E-state index contributed by atoms with van der Waals surface area (Å²) in [7, 11) is 0. The Labute approximate surface area is 184 Å². The standard InChI is InChI=1S/C22H22N2O4S.ClH/c25-17(12-23-13-19(26)15-5-2-1-3-6-15)14-27-18-8-4-7-16(11-18)21-22-20(28-24-21)9-10-29-22;/h1-11,17,19,23,25-26H,12-14H2;1H/t17-,19?;/m1./s1. The van der Waals surface area contributed by atoms with Crippen molar-refractivity contribution in [3.8, 4) is 17.0 Å². The van der Waals surface area contributed by atoms with Crippen molar-refractivity contribution in [3.05, 3.63) is 71.6 Å². The number of rotatable bonds is 9. The fourth-order valence-electron chi connectivity index (χ4n) is 3.03. The SMILES string of the molecule is Cl.OC(CNC[C@@H](O)COc1cccc(-c2noc3ccsc23)c1)c1ccccc1. The molecule has 0 aliphatic carbocycles. The lowest BCUT2D eigenvalue weighted by Gasteiger charge is -2.16. The number of hydrogen-bond donors (Lipinski definition) is 3. The second-order valence-corrected chi connectivity index (χ2v) is 7.64. The summed E-state index contributed by atoms with van der Waals surface area (Å²) in [6.07, 6.45) is -1.31. The summed E-state index contributed by atoms with van der Waals surface area (Å²) in [5.74, 6) is 0.651. The van der Waals surface area contributed by atoms with Gasteiger partial charge in [0.1, 0.15) is 28.9 Å². The molecule has 2 aromatic heterocycles. The number of nitrogens with one attached hydrogen (secondary N) is 1. The third-order valence-electron chi connectivity index (χ3n) is 4.53. The van der Waals surface area contributed by atoms with E-state index in [1.54, 1.807) is 11.3 Å². The van der Waals surface area contributed by atoms with Crippen molar-refractivity contribution in [1.29, 1.82) is 0 Å². The Bertz CT molecular complexity index is 1050. The largest absolute Gasteiger partial charge is 0.491 e. The van der Waals surface area contributed by atoms with Gasteiger partial charge in [-0.1, -0.05) is 47.6 Å². The van der Waals surface area contributed by atoms with Crippen LogP contribution in [0.5, 0.6) is 5.75 Å². The second kappa shape index (κ2) is 10.6. The van der Waals surface area contributed by atoms with Gasteiger partial charge in [-0.05, 0) is 29.1 Å². The predicted octanol–water partition coefficient (Wildman–Crippen LogP) is 4.04. The number of aliphatic hydroxyl groups is 2. The molecule has 0 aliphatic heterocycles. The highest BCUT2D eigenvalue weighted by atomic mass is 35.5. The first kappa shape index (κ1) is 22.3. The van der Waals surface area contributed by atoms with Gasteiger partial charge in [0, 0.05) is 18.7 Å². The van der Waals surface area contributed by atoms with E-state index in [1.165, 1.54) is 0 Å². The van der Waals surface area contributed by atoms with Gasteiger partial charge in [0.25, 0.3) is 0 Å². The molecule has 3 N–H and O–H groups in total. The Morgan fingerprint density at radius 1 is 1.03 bits per heavy atom. The van der Waals surface area contributed by atoms with Crippen LogP contribution in [0.2, 0.25) is 0 Å². The number of halogens is 1. The number of ether oxygens (including phenoxy) is 1. The lowest BCUT2D eigenvalue weighted by atomic mass is 10.1. The van der Waals surface area contributed by atoms with Crippen molar-refractivity contribution >= 4 is 34.0 Å². The van der Waals surface area contributed by atoms with E-state index < -0.39 is 12.2 Å². The van der Waals surface area contributed by atoms with E-state index in [9.17, 15) is 10.2 Å². The molecule has 0 aliphatic rings. The van der Waals surface area contributed by atoms with Crippen LogP contribution < -0.4 is 10.1 Å². The smallest absolute Gasteiger partial charge is 0.178 e. The van der Waals surface area contributed by atoms with Gasteiger partial charge in [0.15, 0.2) is 5.58 Å². The summed E-state index contributed by atoms with van der Waals surface area (Å²) in [6, 6.07) is 18.9. The summed E-state index contributed by atoms with van der Waals surface area (Å²) >= 11 is 1.58. The molecule has 8 heteroatoms. The normalized spacial score (nSPS) is 13.0. The maximum Gasteiger partial charge on any atom is 0.178 e. The van der Waals surface area contributed by atoms with Crippen molar-refractivity contribution in [2.45, 2.75) is 12.2 Å². The van der Waals surface area contributed by atoms with Crippen molar-refractivity contribution < 1.29 is 19.5 Å². The minimum atomic E-state index is -0.697. The molecule has 0 radical (unpaired) electrons. The molecule has 0 saturated heterocycles. The fourth-order valence-corrected chi connectivity index (χ4v) is 3.84. The van der Waals surface area contributed by atoms with Crippen LogP contribution in [0.4, 0.5) is 0 Å². The molecule has 0 fully saturated rings. The molecule has 4 rings (SSSR count).